The van der Waals surface area contributed by atoms with Crippen LogP contribution in [0.15, 0.2) is 12.7 Å². The highest BCUT2D eigenvalue weighted by molar-refractivity contribution is 5.81. The van der Waals surface area contributed by atoms with Crippen molar-refractivity contribution in [3.63, 3.8) is 0 Å². The van der Waals surface area contributed by atoms with Gasteiger partial charge in [-0.1, -0.05) is 6.58 Å². The largest absolute Gasteiger partial charge is 0.481 e. The fourth-order valence-electron chi connectivity index (χ4n) is 0.638. The minimum Gasteiger partial charge on any atom is -0.481 e. The zero-order chi connectivity index (χ0) is 11.7. The molecule has 0 fully saturated rings. The van der Waals surface area contributed by atoms with E-state index in [1.54, 1.807) is 0 Å². The Bertz CT molecular complexity index is 263. The van der Waals surface area contributed by atoms with E-state index in [1.807, 2.05) is 0 Å². The van der Waals surface area contributed by atoms with Gasteiger partial charge in [-0.15, -0.1) is 0 Å². The monoisotopic (exact) mass is 236 g/mol. The van der Waals surface area contributed by atoms with Crippen molar-refractivity contribution >= 4 is 17.9 Å². The Morgan fingerprint density at radius 2 is 1.69 bits per heavy atom. The number of aliphatic carboxylic acids is 1. The van der Waals surface area contributed by atoms with Crippen LogP contribution in [-0.2, 0) is 23.9 Å². The van der Waals surface area contributed by atoms with E-state index >= 15 is 0 Å². The molecule has 0 heterocycles. The molecule has 0 aromatic heterocycles. The molecule has 0 aromatic carbocycles. The average molecular weight is 236 g/mol. The van der Waals surface area contributed by atoms with Crippen molar-refractivity contribution < 1.29 is 33.7 Å². The Balaban J connectivity index is 0. The number of ether oxygens (including phenoxy) is 2. The van der Waals surface area contributed by atoms with Gasteiger partial charge < -0.3 is 14.6 Å². The highest BCUT2D eigenvalue weighted by atomic mass is 19.0. The van der Waals surface area contributed by atoms with Gasteiger partial charge in [0.25, 0.3) is 0 Å². The van der Waals surface area contributed by atoms with Crippen molar-refractivity contribution in [1.29, 1.82) is 0 Å². The van der Waals surface area contributed by atoms with Crippen molar-refractivity contribution in [1.82, 2.24) is 0 Å². The lowest BCUT2D eigenvalue weighted by atomic mass is 10.3. The van der Waals surface area contributed by atoms with Crippen molar-refractivity contribution in [3.05, 3.63) is 12.7 Å². The summed E-state index contributed by atoms with van der Waals surface area (Å²) >= 11 is 0. The van der Waals surface area contributed by atoms with Crippen molar-refractivity contribution in [3.8, 4) is 0 Å². The highest BCUT2D eigenvalue weighted by Gasteiger charge is 2.06. The molecular weight excluding hydrogens is 223 g/mol. The molecule has 0 unspecified atom stereocenters. The molecule has 0 atom stereocenters. The molecular formula is C9H13FO6. The predicted molar refractivity (Wildman–Crippen MR) is 51.5 cm³/mol. The van der Waals surface area contributed by atoms with Gasteiger partial charge in [-0.3, -0.25) is 14.3 Å². The molecule has 0 rings (SSSR count). The Hall–Kier alpha value is -1.92. The Kier molecular flexibility index (Phi) is 9.93. The molecule has 0 saturated carbocycles. The Morgan fingerprint density at radius 1 is 1.12 bits per heavy atom. The number of hydrogen-bond acceptors (Lipinski definition) is 5. The molecule has 0 aromatic rings. The summed E-state index contributed by atoms with van der Waals surface area (Å²) in [6.07, 6.45) is 0.530. The van der Waals surface area contributed by atoms with Crippen LogP contribution in [0.1, 0.15) is 12.8 Å². The van der Waals surface area contributed by atoms with Crippen LogP contribution < -0.4 is 0 Å². The van der Waals surface area contributed by atoms with Crippen LogP contribution in [0, 0.1) is 0 Å². The van der Waals surface area contributed by atoms with Crippen molar-refractivity contribution in [2.75, 3.05) is 13.2 Å². The van der Waals surface area contributed by atoms with Crippen LogP contribution in [-0.4, -0.2) is 36.2 Å². The fourth-order valence-corrected chi connectivity index (χ4v) is 0.638. The van der Waals surface area contributed by atoms with Gasteiger partial charge in [0.15, 0.2) is 0 Å². The van der Waals surface area contributed by atoms with Gasteiger partial charge in [0, 0.05) is 6.08 Å². The van der Waals surface area contributed by atoms with Crippen LogP contribution in [0.4, 0.5) is 4.70 Å². The number of carbonyl (C=O) groups is 3. The molecule has 6 nitrogen and oxygen atoms in total. The van der Waals surface area contributed by atoms with E-state index in [-0.39, 0.29) is 30.8 Å². The maximum absolute atomic E-state index is 10.8. The van der Waals surface area contributed by atoms with E-state index in [4.69, 9.17) is 5.11 Å². The van der Waals surface area contributed by atoms with E-state index in [1.165, 1.54) is 0 Å². The fraction of sp³-hybridized carbons (Fsp3) is 0.444. The molecule has 0 aliphatic heterocycles. The second kappa shape index (κ2) is 9.63. The summed E-state index contributed by atoms with van der Waals surface area (Å²) < 4.78 is 9.09. The summed E-state index contributed by atoms with van der Waals surface area (Å²) in [6, 6.07) is 0. The minimum atomic E-state index is -1.06. The number of esters is 2. The second-order valence-electron chi connectivity index (χ2n) is 2.49. The summed E-state index contributed by atoms with van der Waals surface area (Å²) in [7, 11) is 0. The lowest BCUT2D eigenvalue weighted by Crippen LogP contribution is -2.13. The van der Waals surface area contributed by atoms with Gasteiger partial charge in [-0.2, -0.15) is 0 Å². The van der Waals surface area contributed by atoms with Crippen LogP contribution in [0.5, 0.6) is 0 Å². The van der Waals surface area contributed by atoms with Crippen LogP contribution in [0.3, 0.4) is 0 Å². The third-order valence-corrected chi connectivity index (χ3v) is 1.30. The smallest absolute Gasteiger partial charge is 0.330 e. The van der Waals surface area contributed by atoms with Crippen molar-refractivity contribution in [2.45, 2.75) is 12.8 Å². The molecule has 92 valence electrons. The van der Waals surface area contributed by atoms with Crippen molar-refractivity contribution in [2.24, 2.45) is 0 Å². The highest BCUT2D eigenvalue weighted by Crippen LogP contribution is 1.92. The standard InChI is InChI=1S/C9H12O6.FH/c1-2-8(12)14-5-6-15-9(13)4-3-7(10)11;/h2H,1,3-6H2,(H,10,11);1H. The topological polar surface area (TPSA) is 89.9 Å². The lowest BCUT2D eigenvalue weighted by Gasteiger charge is -2.03. The number of carboxylic acids is 1. The quantitative estimate of drug-likeness (QED) is 0.388. The third kappa shape index (κ3) is 10.2. The first-order chi connectivity index (χ1) is 7.06. The Morgan fingerprint density at radius 3 is 2.19 bits per heavy atom. The van der Waals surface area contributed by atoms with E-state index in [9.17, 15) is 14.4 Å². The van der Waals surface area contributed by atoms with Crippen LogP contribution >= 0.6 is 0 Å². The summed E-state index contributed by atoms with van der Waals surface area (Å²) in [5.74, 6) is -2.30. The zero-order valence-electron chi connectivity index (χ0n) is 8.51. The molecule has 0 radical (unpaired) electrons. The van der Waals surface area contributed by atoms with E-state index < -0.39 is 17.9 Å². The number of hydrogen-bond donors (Lipinski definition) is 1. The number of halogens is 1. The molecule has 0 amide bonds. The lowest BCUT2D eigenvalue weighted by molar-refractivity contribution is -0.151. The first-order valence-electron chi connectivity index (χ1n) is 4.23. The predicted octanol–water partition coefficient (Wildman–Crippen LogP) is 0.276. The number of carbonyl (C=O) groups excluding carboxylic acids is 2. The summed E-state index contributed by atoms with van der Waals surface area (Å²) in [5, 5.41) is 8.25. The molecule has 0 saturated heterocycles. The molecule has 0 aliphatic carbocycles. The average Bonchev–Trinajstić information content (AvgIpc) is 2.21. The summed E-state index contributed by atoms with van der Waals surface area (Å²) in [4.78, 5) is 31.4. The first-order valence-corrected chi connectivity index (χ1v) is 4.23. The Labute approximate surface area is 91.2 Å². The SMILES string of the molecule is C=CC(=O)OCCOC(=O)CCC(=O)O.F. The van der Waals surface area contributed by atoms with Crippen LogP contribution in [0.2, 0.25) is 0 Å². The minimum absolute atomic E-state index is 0. The molecule has 7 heteroatoms. The van der Waals surface area contributed by atoms with Gasteiger partial charge >= 0.3 is 17.9 Å². The van der Waals surface area contributed by atoms with E-state index in [0.29, 0.717) is 0 Å². The first kappa shape index (κ1) is 16.5. The molecule has 16 heavy (non-hydrogen) atoms. The maximum atomic E-state index is 10.8. The normalized spacial score (nSPS) is 8.50. The van der Waals surface area contributed by atoms with Gasteiger partial charge in [-0.25, -0.2) is 4.79 Å². The summed E-state index contributed by atoms with van der Waals surface area (Å²) in [5.41, 5.74) is 0. The van der Waals surface area contributed by atoms with Gasteiger partial charge in [0.2, 0.25) is 0 Å². The third-order valence-electron chi connectivity index (χ3n) is 1.30. The second-order valence-corrected chi connectivity index (χ2v) is 2.49. The van der Waals surface area contributed by atoms with Gasteiger partial charge in [0.1, 0.15) is 13.2 Å². The molecule has 0 bridgehead atoms. The maximum Gasteiger partial charge on any atom is 0.330 e. The van der Waals surface area contributed by atoms with E-state index in [0.717, 1.165) is 6.08 Å². The zero-order valence-corrected chi connectivity index (χ0v) is 8.51. The number of carboxylic acid groups (broad SMARTS) is 1. The van der Waals surface area contributed by atoms with Gasteiger partial charge in [-0.05, 0) is 0 Å². The van der Waals surface area contributed by atoms with E-state index in [2.05, 4.69) is 16.1 Å². The van der Waals surface area contributed by atoms with Gasteiger partial charge in [0.05, 0.1) is 12.8 Å². The van der Waals surface area contributed by atoms with Crippen LogP contribution in [0.25, 0.3) is 0 Å². The molecule has 0 aliphatic rings. The molecule has 0 spiro atoms. The summed E-state index contributed by atoms with van der Waals surface area (Å²) in [6.45, 7) is 3.02. The number of rotatable bonds is 7. The molecule has 1 N–H and O–H groups in total.